The molecule has 1 atom stereocenters. The molecule has 186 valence electrons. The smallest absolute Gasteiger partial charge is 0.328 e. The van der Waals surface area contributed by atoms with Gasteiger partial charge in [0.15, 0.2) is 0 Å². The van der Waals surface area contributed by atoms with Crippen LogP contribution in [0.15, 0.2) is 6.07 Å². The normalized spacial score (nSPS) is 18.3. The van der Waals surface area contributed by atoms with E-state index in [1.54, 1.807) is 6.92 Å². The lowest BCUT2D eigenvalue weighted by atomic mass is 9.81. The summed E-state index contributed by atoms with van der Waals surface area (Å²) in [5.74, 6) is -0.807. The average molecular weight is 474 g/mol. The number of methoxy groups -OCH3 is 1. The molecule has 1 heterocycles. The summed E-state index contributed by atoms with van der Waals surface area (Å²) in [7, 11) is 1.33. The van der Waals surface area contributed by atoms with Gasteiger partial charge in [0.05, 0.1) is 19.4 Å². The summed E-state index contributed by atoms with van der Waals surface area (Å²) < 4.78 is 10.2. The molecule has 0 aromatic carbocycles. The predicted molar refractivity (Wildman–Crippen MR) is 126 cm³/mol. The minimum atomic E-state index is -0.608. The Morgan fingerprint density at radius 3 is 2.56 bits per heavy atom. The van der Waals surface area contributed by atoms with E-state index >= 15 is 0 Å². The van der Waals surface area contributed by atoms with E-state index in [9.17, 15) is 19.6 Å². The molecule has 0 saturated heterocycles. The zero-order valence-corrected chi connectivity index (χ0v) is 20.2. The molecule has 1 saturated carbocycles. The molecule has 4 N–H and O–H groups in total. The molecule has 0 radical (unpaired) electrons. The van der Waals surface area contributed by atoms with E-state index in [1.165, 1.54) is 13.2 Å². The van der Waals surface area contributed by atoms with Gasteiger partial charge in [-0.25, -0.2) is 9.78 Å². The molecule has 0 aliphatic heterocycles. The number of pyridine rings is 1. The van der Waals surface area contributed by atoms with Crippen LogP contribution in [-0.4, -0.2) is 49.1 Å². The van der Waals surface area contributed by atoms with Crippen molar-refractivity contribution in [2.75, 3.05) is 26.0 Å². The van der Waals surface area contributed by atoms with Crippen molar-refractivity contribution in [3.63, 3.8) is 0 Å². The maximum Gasteiger partial charge on any atom is 0.328 e. The molecule has 2 rings (SSSR count). The Kier molecular flexibility index (Phi) is 10.6. The number of nitrogens with two attached hydrogens (primary N) is 1. The lowest BCUT2D eigenvalue weighted by Gasteiger charge is -2.29. The van der Waals surface area contributed by atoms with Crippen molar-refractivity contribution in [1.29, 1.82) is 5.26 Å². The fraction of sp³-hybridized carbons (Fsp3) is 0.625. The molecule has 10 heteroatoms. The SMILES string of the molecule is CCCC[C@H](NC(=O)[C@H]1CC[C@H](CNC(=O)c2cc(N)c(C#N)c(OCC)n2)CC1)C(=O)OC. The van der Waals surface area contributed by atoms with Crippen LogP contribution in [-0.2, 0) is 14.3 Å². The molecular weight excluding hydrogens is 438 g/mol. The third-order valence-corrected chi connectivity index (χ3v) is 6.06. The van der Waals surface area contributed by atoms with Gasteiger partial charge in [0.2, 0.25) is 11.8 Å². The van der Waals surface area contributed by atoms with Crippen molar-refractivity contribution in [1.82, 2.24) is 15.6 Å². The quantitative estimate of drug-likeness (QED) is 0.413. The number of carbonyl (C=O) groups excluding carboxylic acids is 3. The van der Waals surface area contributed by atoms with Gasteiger partial charge in [0, 0.05) is 12.5 Å². The highest BCUT2D eigenvalue weighted by atomic mass is 16.5. The molecule has 1 aliphatic rings. The minimum Gasteiger partial charge on any atom is -0.477 e. The number of ether oxygens (including phenoxy) is 2. The van der Waals surface area contributed by atoms with Crippen molar-refractivity contribution in [2.45, 2.75) is 64.8 Å². The van der Waals surface area contributed by atoms with Crippen molar-refractivity contribution < 1.29 is 23.9 Å². The number of unbranched alkanes of at least 4 members (excludes halogenated alkanes) is 1. The van der Waals surface area contributed by atoms with Gasteiger partial charge in [-0.05, 0) is 51.0 Å². The van der Waals surface area contributed by atoms with Crippen LogP contribution >= 0.6 is 0 Å². The number of nitriles is 1. The summed E-state index contributed by atoms with van der Waals surface area (Å²) in [5.41, 5.74) is 6.23. The fourth-order valence-corrected chi connectivity index (χ4v) is 4.06. The van der Waals surface area contributed by atoms with E-state index in [0.29, 0.717) is 32.4 Å². The third-order valence-electron chi connectivity index (χ3n) is 6.06. The molecule has 0 unspecified atom stereocenters. The Hall–Kier alpha value is -3.35. The number of esters is 1. The Bertz CT molecular complexity index is 906. The first-order valence-corrected chi connectivity index (χ1v) is 11.8. The Balaban J connectivity index is 1.86. The van der Waals surface area contributed by atoms with E-state index in [4.69, 9.17) is 15.2 Å². The number of hydrogen-bond acceptors (Lipinski definition) is 8. The standard InChI is InChI=1S/C24H35N5O5/c1-4-6-7-19(24(32)33-3)28-21(30)16-10-8-15(9-11-16)14-27-22(31)20-12-18(26)17(13-25)23(29-20)34-5-2/h12,15-16,19H,4-11,14H2,1-3H3,(H2,26,29)(H,27,31)(H,28,30)/t15-,16-,19-/m0/s1. The molecule has 10 nitrogen and oxygen atoms in total. The number of anilines is 1. The molecular formula is C24H35N5O5. The van der Waals surface area contributed by atoms with Crippen molar-refractivity contribution in [3.8, 4) is 11.9 Å². The minimum absolute atomic E-state index is 0.0471. The van der Waals surface area contributed by atoms with Gasteiger partial charge in [-0.15, -0.1) is 0 Å². The number of carbonyl (C=O) groups is 3. The van der Waals surface area contributed by atoms with E-state index in [0.717, 1.165) is 25.7 Å². The van der Waals surface area contributed by atoms with Crippen LogP contribution in [0.5, 0.6) is 5.88 Å². The van der Waals surface area contributed by atoms with Gasteiger partial charge in [0.25, 0.3) is 5.91 Å². The topological polar surface area (TPSA) is 156 Å². The van der Waals surface area contributed by atoms with Gasteiger partial charge in [-0.1, -0.05) is 19.8 Å². The summed E-state index contributed by atoms with van der Waals surface area (Å²) in [6, 6.07) is 2.70. The van der Waals surface area contributed by atoms with Crippen LogP contribution in [0.1, 0.15) is 74.8 Å². The summed E-state index contributed by atoms with van der Waals surface area (Å²) in [6.45, 7) is 4.52. The first kappa shape index (κ1) is 26.9. The highest BCUT2D eigenvalue weighted by Crippen LogP contribution is 2.29. The number of nitrogen functional groups attached to an aromatic ring is 1. The fourth-order valence-electron chi connectivity index (χ4n) is 4.06. The Morgan fingerprint density at radius 2 is 1.97 bits per heavy atom. The second kappa shape index (κ2) is 13.4. The molecule has 1 aromatic rings. The number of hydrogen-bond donors (Lipinski definition) is 3. The Labute approximate surface area is 200 Å². The monoisotopic (exact) mass is 473 g/mol. The zero-order valence-electron chi connectivity index (χ0n) is 20.2. The first-order valence-electron chi connectivity index (χ1n) is 11.8. The summed E-state index contributed by atoms with van der Waals surface area (Å²) in [5, 5.41) is 14.9. The third kappa shape index (κ3) is 7.33. The van der Waals surface area contributed by atoms with Gasteiger partial charge in [-0.3, -0.25) is 9.59 Å². The molecule has 0 bridgehead atoms. The maximum atomic E-state index is 12.7. The average Bonchev–Trinajstić information content (AvgIpc) is 2.84. The molecule has 2 amide bonds. The first-order chi connectivity index (χ1) is 16.3. The van der Waals surface area contributed by atoms with Crippen LogP contribution in [0.2, 0.25) is 0 Å². The molecule has 34 heavy (non-hydrogen) atoms. The van der Waals surface area contributed by atoms with Crippen molar-refractivity contribution in [2.24, 2.45) is 11.8 Å². The van der Waals surface area contributed by atoms with E-state index in [2.05, 4.69) is 15.6 Å². The maximum absolute atomic E-state index is 12.7. The highest BCUT2D eigenvalue weighted by Gasteiger charge is 2.30. The van der Waals surface area contributed by atoms with Crippen molar-refractivity contribution >= 4 is 23.5 Å². The van der Waals surface area contributed by atoms with Gasteiger partial charge < -0.3 is 25.8 Å². The van der Waals surface area contributed by atoms with E-state index < -0.39 is 17.9 Å². The van der Waals surface area contributed by atoms with Crippen LogP contribution in [0.3, 0.4) is 0 Å². The number of nitrogens with zero attached hydrogens (tertiary/aromatic N) is 2. The van der Waals surface area contributed by atoms with Gasteiger partial charge >= 0.3 is 5.97 Å². The van der Waals surface area contributed by atoms with Crippen LogP contribution in [0.4, 0.5) is 5.69 Å². The van der Waals surface area contributed by atoms with E-state index in [-0.39, 0.29) is 40.6 Å². The number of nitrogens with one attached hydrogen (secondary N) is 2. The molecule has 0 spiro atoms. The summed E-state index contributed by atoms with van der Waals surface area (Å²) >= 11 is 0. The zero-order chi connectivity index (χ0) is 25.1. The molecule has 1 aromatic heterocycles. The van der Waals surface area contributed by atoms with Crippen LogP contribution in [0, 0.1) is 23.2 Å². The Morgan fingerprint density at radius 1 is 1.26 bits per heavy atom. The number of aromatic nitrogens is 1. The largest absolute Gasteiger partial charge is 0.477 e. The predicted octanol–water partition coefficient (Wildman–Crippen LogP) is 2.32. The van der Waals surface area contributed by atoms with E-state index in [1.807, 2.05) is 13.0 Å². The number of amides is 2. The van der Waals surface area contributed by atoms with Gasteiger partial charge in [-0.2, -0.15) is 5.26 Å². The lowest BCUT2D eigenvalue weighted by molar-refractivity contribution is -0.146. The van der Waals surface area contributed by atoms with Gasteiger partial charge in [0.1, 0.15) is 23.4 Å². The molecule has 1 aliphatic carbocycles. The second-order valence-corrected chi connectivity index (χ2v) is 8.48. The van der Waals surface area contributed by atoms with Crippen LogP contribution < -0.4 is 21.1 Å². The summed E-state index contributed by atoms with van der Waals surface area (Å²) in [4.78, 5) is 41.4. The summed E-state index contributed by atoms with van der Waals surface area (Å²) in [6.07, 6.45) is 5.26. The lowest BCUT2D eigenvalue weighted by Crippen LogP contribution is -2.45. The van der Waals surface area contributed by atoms with Crippen molar-refractivity contribution in [3.05, 3.63) is 17.3 Å². The molecule has 1 fully saturated rings. The van der Waals surface area contributed by atoms with Crippen LogP contribution in [0.25, 0.3) is 0 Å². The second-order valence-electron chi connectivity index (χ2n) is 8.48. The highest BCUT2D eigenvalue weighted by molar-refractivity contribution is 5.93. The number of rotatable bonds is 11.